The lowest BCUT2D eigenvalue weighted by Crippen LogP contribution is -2.40. The van der Waals surface area contributed by atoms with Crippen molar-refractivity contribution >= 4 is 17.3 Å². The Morgan fingerprint density at radius 3 is 3.11 bits per heavy atom. The first-order valence-electron chi connectivity index (χ1n) is 6.95. The summed E-state index contributed by atoms with van der Waals surface area (Å²) < 4.78 is 0. The van der Waals surface area contributed by atoms with Gasteiger partial charge in [-0.1, -0.05) is 13.0 Å². The third kappa shape index (κ3) is 3.94. The lowest BCUT2D eigenvalue weighted by Gasteiger charge is -2.21. The number of aliphatic hydroxyl groups is 1. The Balaban J connectivity index is 1.96. The number of nitrogens with zero attached hydrogens (tertiary/aromatic N) is 2. The van der Waals surface area contributed by atoms with Gasteiger partial charge in [-0.3, -0.25) is 4.99 Å². The van der Waals surface area contributed by atoms with E-state index in [0.29, 0.717) is 12.5 Å². The average Bonchev–Trinajstić information content (AvgIpc) is 3.05. The molecule has 1 aliphatic heterocycles. The number of thiophene rings is 1. The number of hydrogen-bond donors (Lipinski definition) is 2. The van der Waals surface area contributed by atoms with Crippen LogP contribution in [0, 0.1) is 0 Å². The molecule has 106 valence electrons. The summed E-state index contributed by atoms with van der Waals surface area (Å²) in [4.78, 5) is 8.24. The predicted octanol–water partition coefficient (Wildman–Crippen LogP) is 1.88. The molecule has 0 aromatic carbocycles. The zero-order valence-corrected chi connectivity index (χ0v) is 12.5. The molecule has 2 atom stereocenters. The molecule has 1 fully saturated rings. The fourth-order valence-electron chi connectivity index (χ4n) is 2.25. The highest BCUT2D eigenvalue weighted by Crippen LogP contribution is 2.21. The SMILES string of the molecule is CCNC(=NCC(C)c1cccs1)N1CC[C@@H](O)C1. The maximum atomic E-state index is 9.62. The van der Waals surface area contributed by atoms with Gasteiger partial charge in [-0.25, -0.2) is 0 Å². The molecule has 1 aliphatic rings. The van der Waals surface area contributed by atoms with Crippen molar-refractivity contribution in [3.05, 3.63) is 22.4 Å². The van der Waals surface area contributed by atoms with E-state index in [0.717, 1.165) is 32.0 Å². The molecular formula is C14H23N3OS. The van der Waals surface area contributed by atoms with Gasteiger partial charge in [-0.15, -0.1) is 11.3 Å². The van der Waals surface area contributed by atoms with Crippen LogP contribution in [0.15, 0.2) is 22.5 Å². The van der Waals surface area contributed by atoms with Gasteiger partial charge in [-0.2, -0.15) is 0 Å². The van der Waals surface area contributed by atoms with E-state index in [9.17, 15) is 5.11 Å². The summed E-state index contributed by atoms with van der Waals surface area (Å²) in [7, 11) is 0. The van der Waals surface area contributed by atoms with Gasteiger partial charge in [0.25, 0.3) is 0 Å². The van der Waals surface area contributed by atoms with Crippen LogP contribution < -0.4 is 5.32 Å². The molecule has 2 rings (SSSR count). The Morgan fingerprint density at radius 1 is 1.68 bits per heavy atom. The van der Waals surface area contributed by atoms with E-state index in [1.807, 2.05) is 0 Å². The molecule has 0 aliphatic carbocycles. The van der Waals surface area contributed by atoms with Gasteiger partial charge in [0.15, 0.2) is 5.96 Å². The first-order chi connectivity index (χ1) is 9.20. The van der Waals surface area contributed by atoms with Crippen molar-refractivity contribution in [3.63, 3.8) is 0 Å². The van der Waals surface area contributed by atoms with Crippen LogP contribution in [0.3, 0.4) is 0 Å². The number of rotatable bonds is 4. The summed E-state index contributed by atoms with van der Waals surface area (Å²) in [5.41, 5.74) is 0. The summed E-state index contributed by atoms with van der Waals surface area (Å²) in [5.74, 6) is 1.38. The zero-order valence-electron chi connectivity index (χ0n) is 11.7. The maximum absolute atomic E-state index is 9.62. The predicted molar refractivity (Wildman–Crippen MR) is 80.9 cm³/mol. The number of β-amino-alcohol motifs (C(OH)–C–C–N with tert-alkyl or cyclic N) is 1. The van der Waals surface area contributed by atoms with Crippen molar-refractivity contribution in [2.24, 2.45) is 4.99 Å². The lowest BCUT2D eigenvalue weighted by molar-refractivity contribution is 0.188. The van der Waals surface area contributed by atoms with Crippen LogP contribution in [0.1, 0.15) is 31.1 Å². The Labute approximate surface area is 119 Å². The molecule has 2 heterocycles. The van der Waals surface area contributed by atoms with Gasteiger partial charge in [-0.05, 0) is 24.8 Å². The fourth-order valence-corrected chi connectivity index (χ4v) is 3.02. The van der Waals surface area contributed by atoms with Crippen LogP contribution in [0.25, 0.3) is 0 Å². The quantitative estimate of drug-likeness (QED) is 0.654. The van der Waals surface area contributed by atoms with Crippen LogP contribution in [0.4, 0.5) is 0 Å². The molecular weight excluding hydrogens is 258 g/mol. The van der Waals surface area contributed by atoms with E-state index in [1.165, 1.54) is 4.88 Å². The molecule has 0 radical (unpaired) electrons. The molecule has 1 aromatic heterocycles. The molecule has 0 amide bonds. The molecule has 1 saturated heterocycles. The third-order valence-electron chi connectivity index (χ3n) is 3.34. The summed E-state index contributed by atoms with van der Waals surface area (Å²) in [6.07, 6.45) is 0.629. The highest BCUT2D eigenvalue weighted by atomic mass is 32.1. The van der Waals surface area contributed by atoms with E-state index < -0.39 is 0 Å². The number of hydrogen-bond acceptors (Lipinski definition) is 3. The molecule has 0 spiro atoms. The van der Waals surface area contributed by atoms with Gasteiger partial charge < -0.3 is 15.3 Å². The van der Waals surface area contributed by atoms with Crippen molar-refractivity contribution in [1.29, 1.82) is 0 Å². The van der Waals surface area contributed by atoms with Crippen LogP contribution in [-0.4, -0.2) is 48.2 Å². The third-order valence-corrected chi connectivity index (χ3v) is 4.45. The Hall–Kier alpha value is -1.07. The van der Waals surface area contributed by atoms with Crippen molar-refractivity contribution in [2.75, 3.05) is 26.2 Å². The van der Waals surface area contributed by atoms with E-state index >= 15 is 0 Å². The summed E-state index contributed by atoms with van der Waals surface area (Å²) in [5, 5.41) is 15.0. The van der Waals surface area contributed by atoms with Crippen LogP contribution in [0.2, 0.25) is 0 Å². The smallest absolute Gasteiger partial charge is 0.194 e. The van der Waals surface area contributed by atoms with Gasteiger partial charge in [0.05, 0.1) is 12.6 Å². The second kappa shape index (κ2) is 6.91. The molecule has 2 N–H and O–H groups in total. The number of aliphatic hydroxyl groups excluding tert-OH is 1. The maximum Gasteiger partial charge on any atom is 0.194 e. The van der Waals surface area contributed by atoms with Crippen molar-refractivity contribution < 1.29 is 5.11 Å². The molecule has 4 nitrogen and oxygen atoms in total. The molecule has 0 bridgehead atoms. The Morgan fingerprint density at radius 2 is 2.53 bits per heavy atom. The number of likely N-dealkylation sites (tertiary alicyclic amines) is 1. The second-order valence-corrected chi connectivity index (χ2v) is 5.98. The first kappa shape index (κ1) is 14.3. The average molecular weight is 281 g/mol. The van der Waals surface area contributed by atoms with Crippen molar-refractivity contribution in [2.45, 2.75) is 32.3 Å². The number of guanidine groups is 1. The molecule has 5 heteroatoms. The van der Waals surface area contributed by atoms with E-state index in [-0.39, 0.29) is 6.10 Å². The van der Waals surface area contributed by atoms with Crippen molar-refractivity contribution in [1.82, 2.24) is 10.2 Å². The normalized spacial score (nSPS) is 21.7. The fraction of sp³-hybridized carbons (Fsp3) is 0.643. The largest absolute Gasteiger partial charge is 0.391 e. The zero-order chi connectivity index (χ0) is 13.7. The number of aliphatic imine (C=N–C) groups is 1. The van der Waals surface area contributed by atoms with Crippen LogP contribution in [0.5, 0.6) is 0 Å². The summed E-state index contributed by atoms with van der Waals surface area (Å²) >= 11 is 1.79. The highest BCUT2D eigenvalue weighted by molar-refractivity contribution is 7.10. The summed E-state index contributed by atoms with van der Waals surface area (Å²) in [6, 6.07) is 4.25. The van der Waals surface area contributed by atoms with Gasteiger partial charge in [0, 0.05) is 30.4 Å². The van der Waals surface area contributed by atoms with Crippen LogP contribution in [-0.2, 0) is 0 Å². The van der Waals surface area contributed by atoms with Crippen LogP contribution >= 0.6 is 11.3 Å². The Kier molecular flexibility index (Phi) is 5.22. The minimum Gasteiger partial charge on any atom is -0.391 e. The van der Waals surface area contributed by atoms with E-state index in [2.05, 4.69) is 41.6 Å². The molecule has 1 unspecified atom stereocenters. The molecule has 1 aromatic rings. The molecule has 19 heavy (non-hydrogen) atoms. The highest BCUT2D eigenvalue weighted by Gasteiger charge is 2.22. The molecule has 0 saturated carbocycles. The minimum atomic E-state index is -0.210. The second-order valence-electron chi connectivity index (χ2n) is 5.00. The van der Waals surface area contributed by atoms with E-state index in [4.69, 9.17) is 4.99 Å². The first-order valence-corrected chi connectivity index (χ1v) is 7.83. The summed E-state index contributed by atoms with van der Waals surface area (Å²) in [6.45, 7) is 7.51. The Bertz CT molecular complexity index is 405. The monoisotopic (exact) mass is 281 g/mol. The van der Waals surface area contributed by atoms with Gasteiger partial charge >= 0.3 is 0 Å². The lowest BCUT2D eigenvalue weighted by atomic mass is 10.1. The standard InChI is InChI=1S/C14H23N3OS/c1-3-15-14(17-7-6-12(18)10-17)16-9-11(2)13-5-4-8-19-13/h4-5,8,11-12,18H,3,6-7,9-10H2,1-2H3,(H,15,16)/t11?,12-/m1/s1. The topological polar surface area (TPSA) is 47.9 Å². The van der Waals surface area contributed by atoms with E-state index in [1.54, 1.807) is 11.3 Å². The number of nitrogens with one attached hydrogen (secondary N) is 1. The minimum absolute atomic E-state index is 0.210. The van der Waals surface area contributed by atoms with Gasteiger partial charge in [0.1, 0.15) is 0 Å². The van der Waals surface area contributed by atoms with Gasteiger partial charge in [0.2, 0.25) is 0 Å². The van der Waals surface area contributed by atoms with Crippen molar-refractivity contribution in [3.8, 4) is 0 Å².